The van der Waals surface area contributed by atoms with Crippen molar-refractivity contribution in [2.75, 3.05) is 70.3 Å². The van der Waals surface area contributed by atoms with Crippen LogP contribution in [-0.2, 0) is 13.1 Å². The molecule has 2 aliphatic rings. The lowest BCUT2D eigenvalue weighted by Crippen LogP contribution is -2.52. The lowest BCUT2D eigenvalue weighted by Gasteiger charge is -2.37. The van der Waals surface area contributed by atoms with Gasteiger partial charge in [0.1, 0.15) is 5.82 Å². The minimum absolute atomic E-state index is 0. The molecule has 2 saturated heterocycles. The number of aliphatic imine (C=N–C) groups is 1. The largest absolute Gasteiger partial charge is 0.357 e. The highest BCUT2D eigenvalue weighted by molar-refractivity contribution is 14.0. The van der Waals surface area contributed by atoms with Crippen LogP contribution in [0.25, 0.3) is 0 Å². The minimum atomic E-state index is 0. The maximum Gasteiger partial charge on any atom is 0.194 e. The van der Waals surface area contributed by atoms with Gasteiger partial charge in [-0.2, -0.15) is 0 Å². The number of anilines is 1. The van der Waals surface area contributed by atoms with E-state index in [2.05, 4.69) is 80.1 Å². The predicted octanol–water partition coefficient (Wildman–Crippen LogP) is 3.12. The van der Waals surface area contributed by atoms with Gasteiger partial charge < -0.3 is 20.0 Å². The normalized spacial score (nSPS) is 18.0. The summed E-state index contributed by atoms with van der Waals surface area (Å²) in [4.78, 5) is 19.2. The van der Waals surface area contributed by atoms with Crippen LogP contribution in [0.5, 0.6) is 0 Å². The second-order valence-electron chi connectivity index (χ2n) is 8.86. The van der Waals surface area contributed by atoms with Crippen molar-refractivity contribution in [3.05, 3.63) is 59.8 Å². The number of piperazine rings is 2. The second kappa shape index (κ2) is 13.8. The van der Waals surface area contributed by atoms with Crippen LogP contribution >= 0.6 is 24.0 Å². The SMILES string of the molecule is CCNC(=NCc1ccc(CN2CCN(CC)CC2)cc1)N1CCN(c2ccccn2)CC1.I. The lowest BCUT2D eigenvalue weighted by atomic mass is 10.1. The van der Waals surface area contributed by atoms with Crippen LogP contribution in [0, 0.1) is 0 Å². The van der Waals surface area contributed by atoms with Crippen LogP contribution in [0.1, 0.15) is 25.0 Å². The zero-order valence-electron chi connectivity index (χ0n) is 20.7. The summed E-state index contributed by atoms with van der Waals surface area (Å²) < 4.78 is 0. The van der Waals surface area contributed by atoms with Crippen molar-refractivity contribution in [2.24, 2.45) is 4.99 Å². The molecule has 1 aromatic heterocycles. The first-order chi connectivity index (χ1) is 16.2. The Morgan fingerprint density at radius 3 is 2.15 bits per heavy atom. The Labute approximate surface area is 222 Å². The van der Waals surface area contributed by atoms with E-state index < -0.39 is 0 Å². The van der Waals surface area contributed by atoms with Crippen molar-refractivity contribution in [3.8, 4) is 0 Å². The van der Waals surface area contributed by atoms with E-state index in [0.29, 0.717) is 6.54 Å². The van der Waals surface area contributed by atoms with Gasteiger partial charge in [-0.15, -0.1) is 24.0 Å². The average Bonchev–Trinajstić information content (AvgIpc) is 2.88. The summed E-state index contributed by atoms with van der Waals surface area (Å²) in [5.41, 5.74) is 2.65. The number of hydrogen-bond donors (Lipinski definition) is 1. The number of aromatic nitrogens is 1. The fourth-order valence-electron chi connectivity index (χ4n) is 4.55. The first kappa shape index (κ1) is 26.7. The molecule has 34 heavy (non-hydrogen) atoms. The summed E-state index contributed by atoms with van der Waals surface area (Å²) in [5, 5.41) is 3.48. The summed E-state index contributed by atoms with van der Waals surface area (Å²) >= 11 is 0. The summed E-state index contributed by atoms with van der Waals surface area (Å²) in [5.74, 6) is 2.07. The van der Waals surface area contributed by atoms with Crippen molar-refractivity contribution in [1.29, 1.82) is 0 Å². The molecular formula is C26H40IN7. The number of nitrogens with one attached hydrogen (secondary N) is 1. The van der Waals surface area contributed by atoms with Gasteiger partial charge >= 0.3 is 0 Å². The van der Waals surface area contributed by atoms with Crippen LogP contribution in [0.4, 0.5) is 5.82 Å². The van der Waals surface area contributed by atoms with E-state index in [1.165, 1.54) is 37.3 Å². The molecule has 0 amide bonds. The van der Waals surface area contributed by atoms with Gasteiger partial charge in [0.2, 0.25) is 0 Å². The fraction of sp³-hybridized carbons (Fsp3) is 0.538. The Bertz CT molecular complexity index is 858. The molecule has 186 valence electrons. The maximum absolute atomic E-state index is 4.95. The summed E-state index contributed by atoms with van der Waals surface area (Å²) in [6, 6.07) is 15.1. The van der Waals surface area contributed by atoms with Gasteiger partial charge in [-0.25, -0.2) is 9.98 Å². The third kappa shape index (κ3) is 7.55. The zero-order valence-corrected chi connectivity index (χ0v) is 23.0. The van der Waals surface area contributed by atoms with Gasteiger partial charge in [-0.3, -0.25) is 4.90 Å². The molecule has 1 N–H and O–H groups in total. The number of rotatable bonds is 7. The first-order valence-corrected chi connectivity index (χ1v) is 12.5. The van der Waals surface area contributed by atoms with E-state index in [0.717, 1.165) is 57.6 Å². The van der Waals surface area contributed by atoms with Crippen molar-refractivity contribution in [3.63, 3.8) is 0 Å². The van der Waals surface area contributed by atoms with Gasteiger partial charge in [0.05, 0.1) is 6.54 Å². The molecule has 2 aliphatic heterocycles. The number of guanidine groups is 1. The summed E-state index contributed by atoms with van der Waals surface area (Å²) in [6.07, 6.45) is 1.87. The van der Waals surface area contributed by atoms with Crippen molar-refractivity contribution in [1.82, 2.24) is 25.0 Å². The highest BCUT2D eigenvalue weighted by Crippen LogP contribution is 2.14. The Morgan fingerprint density at radius 2 is 1.53 bits per heavy atom. The van der Waals surface area contributed by atoms with E-state index in [4.69, 9.17) is 4.99 Å². The van der Waals surface area contributed by atoms with Crippen LogP contribution in [0.2, 0.25) is 0 Å². The molecule has 2 fully saturated rings. The second-order valence-corrected chi connectivity index (χ2v) is 8.86. The standard InChI is InChI=1S/C26H39N7.HI/c1-3-27-26(33-19-17-32(18-20-33)25-7-5-6-12-28-25)29-21-23-8-10-24(11-9-23)22-31-15-13-30(4-2)14-16-31;/h5-12H,3-4,13-22H2,1-2H3,(H,27,29);1H. The zero-order chi connectivity index (χ0) is 22.9. The number of pyridine rings is 1. The van der Waals surface area contributed by atoms with Crippen LogP contribution in [0.3, 0.4) is 0 Å². The van der Waals surface area contributed by atoms with E-state index in [1.54, 1.807) is 0 Å². The van der Waals surface area contributed by atoms with Crippen LogP contribution in [0.15, 0.2) is 53.7 Å². The molecule has 0 atom stereocenters. The van der Waals surface area contributed by atoms with E-state index in [9.17, 15) is 0 Å². The van der Waals surface area contributed by atoms with Crippen LogP contribution < -0.4 is 10.2 Å². The number of nitrogens with zero attached hydrogens (tertiary/aromatic N) is 6. The quantitative estimate of drug-likeness (QED) is 0.310. The Morgan fingerprint density at radius 1 is 0.853 bits per heavy atom. The molecule has 8 heteroatoms. The summed E-state index contributed by atoms with van der Waals surface area (Å²) in [7, 11) is 0. The molecule has 1 aromatic carbocycles. The van der Waals surface area contributed by atoms with E-state index in [1.807, 2.05) is 12.3 Å². The predicted molar refractivity (Wildman–Crippen MR) is 152 cm³/mol. The monoisotopic (exact) mass is 577 g/mol. The molecule has 0 spiro atoms. The van der Waals surface area contributed by atoms with Gasteiger partial charge in [-0.1, -0.05) is 37.3 Å². The maximum atomic E-state index is 4.95. The lowest BCUT2D eigenvalue weighted by molar-refractivity contribution is 0.132. The number of hydrogen-bond acceptors (Lipinski definition) is 5. The molecule has 2 aromatic rings. The van der Waals surface area contributed by atoms with Crippen LogP contribution in [-0.4, -0.2) is 91.1 Å². The van der Waals surface area contributed by atoms with Gasteiger partial charge in [-0.05, 0) is 36.7 Å². The minimum Gasteiger partial charge on any atom is -0.357 e. The molecule has 0 aliphatic carbocycles. The summed E-state index contributed by atoms with van der Waals surface area (Å²) in [6.45, 7) is 16.7. The van der Waals surface area contributed by atoms with Crippen molar-refractivity contribution >= 4 is 35.8 Å². The number of benzene rings is 1. The number of likely N-dealkylation sites (N-methyl/N-ethyl adjacent to an activating group) is 1. The average molecular weight is 578 g/mol. The van der Waals surface area contributed by atoms with Gasteiger partial charge in [0.15, 0.2) is 5.96 Å². The highest BCUT2D eigenvalue weighted by Gasteiger charge is 2.20. The highest BCUT2D eigenvalue weighted by atomic mass is 127. The molecule has 3 heterocycles. The van der Waals surface area contributed by atoms with Crippen molar-refractivity contribution in [2.45, 2.75) is 26.9 Å². The fourth-order valence-corrected chi connectivity index (χ4v) is 4.55. The first-order valence-electron chi connectivity index (χ1n) is 12.5. The van der Waals surface area contributed by atoms with Gasteiger partial charge in [0.25, 0.3) is 0 Å². The molecule has 0 bridgehead atoms. The third-order valence-electron chi connectivity index (χ3n) is 6.64. The molecule has 4 rings (SSSR count). The third-order valence-corrected chi connectivity index (χ3v) is 6.64. The molecular weight excluding hydrogens is 537 g/mol. The molecule has 0 unspecified atom stereocenters. The molecule has 7 nitrogen and oxygen atoms in total. The smallest absolute Gasteiger partial charge is 0.194 e. The Balaban J connectivity index is 0.00000324. The van der Waals surface area contributed by atoms with E-state index in [-0.39, 0.29) is 24.0 Å². The topological polar surface area (TPSA) is 50.2 Å². The van der Waals surface area contributed by atoms with Crippen molar-refractivity contribution < 1.29 is 0 Å². The van der Waals surface area contributed by atoms with E-state index >= 15 is 0 Å². The van der Waals surface area contributed by atoms with Gasteiger partial charge in [0, 0.05) is 71.6 Å². The Kier molecular flexibility index (Phi) is 10.9. The Hall–Kier alpha value is -1.91. The molecule has 0 radical (unpaired) electrons. The number of halogens is 1. The molecule has 0 saturated carbocycles.